The van der Waals surface area contributed by atoms with E-state index in [2.05, 4.69) is 6.92 Å². The van der Waals surface area contributed by atoms with Crippen molar-refractivity contribution < 1.29 is 19.9 Å². The molecular formula is C14H21NO5. The summed E-state index contributed by atoms with van der Waals surface area (Å²) >= 11 is 0. The minimum atomic E-state index is -0.574. The molecule has 0 heterocycles. The number of unbranched alkanes of at least 4 members (excludes halogenated alkanes) is 3. The number of nitro groups is 1. The average molecular weight is 283 g/mol. The van der Waals surface area contributed by atoms with Crippen LogP contribution in [-0.4, -0.2) is 28.4 Å². The van der Waals surface area contributed by atoms with Crippen LogP contribution < -0.4 is 0 Å². The quantitative estimate of drug-likeness (QED) is 0.314. The minimum Gasteiger partial charge on any atom is -0.504 e. The number of nitro benzene ring substituents is 1. The largest absolute Gasteiger partial charge is 0.504 e. The molecule has 2 N–H and O–H groups in total. The van der Waals surface area contributed by atoms with Crippen molar-refractivity contribution >= 4 is 5.69 Å². The number of nitrogens with zero attached hydrogens (tertiary/aromatic N) is 1. The van der Waals surface area contributed by atoms with Crippen molar-refractivity contribution in [2.45, 2.75) is 39.0 Å². The Bertz CT molecular complexity index is 447. The zero-order valence-electron chi connectivity index (χ0n) is 11.7. The van der Waals surface area contributed by atoms with Gasteiger partial charge in [-0.1, -0.05) is 26.2 Å². The van der Waals surface area contributed by atoms with Gasteiger partial charge in [-0.3, -0.25) is 10.1 Å². The normalized spacial score (nSPS) is 10.7. The molecule has 0 amide bonds. The molecule has 6 nitrogen and oxygen atoms in total. The fourth-order valence-electron chi connectivity index (χ4n) is 1.89. The summed E-state index contributed by atoms with van der Waals surface area (Å²) in [6.07, 6.45) is 4.78. The molecule has 0 aromatic heterocycles. The van der Waals surface area contributed by atoms with E-state index in [4.69, 9.17) is 4.74 Å². The van der Waals surface area contributed by atoms with Gasteiger partial charge in [-0.05, 0) is 12.5 Å². The summed E-state index contributed by atoms with van der Waals surface area (Å²) in [6, 6.07) is 2.18. The second-order valence-corrected chi connectivity index (χ2v) is 4.65. The third-order valence-corrected chi connectivity index (χ3v) is 3.03. The highest BCUT2D eigenvalue weighted by atomic mass is 16.6. The van der Waals surface area contributed by atoms with Gasteiger partial charge in [0.15, 0.2) is 11.5 Å². The van der Waals surface area contributed by atoms with Crippen LogP contribution in [0.2, 0.25) is 0 Å². The van der Waals surface area contributed by atoms with E-state index in [9.17, 15) is 20.3 Å². The first-order valence-electron chi connectivity index (χ1n) is 6.83. The van der Waals surface area contributed by atoms with Crippen LogP contribution in [0.1, 0.15) is 38.2 Å². The van der Waals surface area contributed by atoms with E-state index >= 15 is 0 Å². The molecule has 0 unspecified atom stereocenters. The maximum absolute atomic E-state index is 10.9. The fourth-order valence-corrected chi connectivity index (χ4v) is 1.89. The molecule has 0 saturated heterocycles. The number of phenolic OH excluding ortho intramolecular Hbond substituents is 2. The Morgan fingerprint density at radius 1 is 1.15 bits per heavy atom. The maximum atomic E-state index is 10.9. The van der Waals surface area contributed by atoms with E-state index in [0.29, 0.717) is 25.2 Å². The number of benzene rings is 1. The van der Waals surface area contributed by atoms with Crippen molar-refractivity contribution in [1.82, 2.24) is 0 Å². The topological polar surface area (TPSA) is 92.8 Å². The van der Waals surface area contributed by atoms with Crippen LogP contribution in [0.3, 0.4) is 0 Å². The standard InChI is InChI=1S/C14H21NO5/c1-2-3-4-5-7-20-8-6-11-9-13(16)14(17)10-12(11)15(18)19/h9-10,16-17H,2-8H2,1H3. The van der Waals surface area contributed by atoms with Gasteiger partial charge < -0.3 is 14.9 Å². The molecule has 0 aliphatic heterocycles. The van der Waals surface area contributed by atoms with Crippen molar-refractivity contribution in [1.29, 1.82) is 0 Å². The SMILES string of the molecule is CCCCCCOCCc1cc(O)c(O)cc1[N+](=O)[O-]. The first-order valence-corrected chi connectivity index (χ1v) is 6.83. The zero-order chi connectivity index (χ0) is 15.0. The van der Waals surface area contributed by atoms with Crippen LogP contribution in [0.4, 0.5) is 5.69 Å². The molecule has 20 heavy (non-hydrogen) atoms. The molecule has 0 spiro atoms. The number of phenols is 2. The molecule has 1 aromatic carbocycles. The smallest absolute Gasteiger partial charge is 0.276 e. The van der Waals surface area contributed by atoms with Gasteiger partial charge in [0.2, 0.25) is 0 Å². The van der Waals surface area contributed by atoms with Crippen LogP contribution in [0.5, 0.6) is 11.5 Å². The van der Waals surface area contributed by atoms with Gasteiger partial charge >= 0.3 is 0 Å². The van der Waals surface area contributed by atoms with Crippen molar-refractivity contribution in [2.24, 2.45) is 0 Å². The molecule has 0 radical (unpaired) electrons. The molecule has 0 saturated carbocycles. The summed E-state index contributed by atoms with van der Waals surface area (Å²) in [6.45, 7) is 3.13. The Kier molecular flexibility index (Phi) is 6.79. The van der Waals surface area contributed by atoms with Gasteiger partial charge in [0, 0.05) is 18.6 Å². The predicted molar refractivity (Wildman–Crippen MR) is 75.1 cm³/mol. The van der Waals surface area contributed by atoms with Crippen molar-refractivity contribution in [3.8, 4) is 11.5 Å². The zero-order valence-corrected chi connectivity index (χ0v) is 11.7. The van der Waals surface area contributed by atoms with Gasteiger partial charge in [-0.25, -0.2) is 0 Å². The van der Waals surface area contributed by atoms with Crippen LogP contribution in [0.15, 0.2) is 12.1 Å². The van der Waals surface area contributed by atoms with E-state index in [1.165, 1.54) is 18.9 Å². The Hall–Kier alpha value is -1.82. The molecule has 0 aliphatic carbocycles. The van der Waals surface area contributed by atoms with Gasteiger partial charge in [-0.2, -0.15) is 0 Å². The number of hydrogen-bond acceptors (Lipinski definition) is 5. The number of aromatic hydroxyl groups is 2. The number of ether oxygens (including phenoxy) is 1. The fraction of sp³-hybridized carbons (Fsp3) is 0.571. The molecule has 1 aromatic rings. The van der Waals surface area contributed by atoms with Crippen LogP contribution in [-0.2, 0) is 11.2 Å². The van der Waals surface area contributed by atoms with Crippen LogP contribution in [0.25, 0.3) is 0 Å². The first kappa shape index (κ1) is 16.2. The van der Waals surface area contributed by atoms with Crippen LogP contribution in [0, 0.1) is 10.1 Å². The number of rotatable bonds is 9. The Morgan fingerprint density at radius 3 is 2.50 bits per heavy atom. The summed E-state index contributed by atoms with van der Waals surface area (Å²) in [5.41, 5.74) is 0.161. The molecule has 0 atom stereocenters. The summed E-state index contributed by atoms with van der Waals surface area (Å²) in [5, 5.41) is 29.5. The Balaban J connectivity index is 2.47. The van der Waals surface area contributed by atoms with E-state index < -0.39 is 10.7 Å². The Labute approximate surface area is 118 Å². The summed E-state index contributed by atoms with van der Waals surface area (Å²) in [7, 11) is 0. The van der Waals surface area contributed by atoms with Gasteiger partial charge in [0.25, 0.3) is 5.69 Å². The van der Waals surface area contributed by atoms with Crippen molar-refractivity contribution in [2.75, 3.05) is 13.2 Å². The van der Waals surface area contributed by atoms with E-state index in [0.717, 1.165) is 18.9 Å². The summed E-state index contributed by atoms with van der Waals surface area (Å²) in [4.78, 5) is 10.3. The molecule has 112 valence electrons. The molecule has 0 fully saturated rings. The van der Waals surface area contributed by atoms with E-state index in [-0.39, 0.29) is 11.4 Å². The lowest BCUT2D eigenvalue weighted by molar-refractivity contribution is -0.385. The van der Waals surface area contributed by atoms with Gasteiger partial charge in [0.05, 0.1) is 17.6 Å². The van der Waals surface area contributed by atoms with E-state index in [1.54, 1.807) is 0 Å². The maximum Gasteiger partial charge on any atom is 0.276 e. The van der Waals surface area contributed by atoms with Crippen LogP contribution >= 0.6 is 0 Å². The van der Waals surface area contributed by atoms with Crippen molar-refractivity contribution in [3.05, 3.63) is 27.8 Å². The predicted octanol–water partition coefficient (Wildman–Crippen LogP) is 3.15. The number of hydrogen-bond donors (Lipinski definition) is 2. The van der Waals surface area contributed by atoms with Gasteiger partial charge in [-0.15, -0.1) is 0 Å². The monoisotopic (exact) mass is 283 g/mol. The third kappa shape index (κ3) is 5.05. The van der Waals surface area contributed by atoms with Gasteiger partial charge in [0.1, 0.15) is 0 Å². The average Bonchev–Trinajstić information content (AvgIpc) is 2.41. The third-order valence-electron chi connectivity index (χ3n) is 3.03. The minimum absolute atomic E-state index is 0.199. The molecule has 6 heteroatoms. The summed E-state index contributed by atoms with van der Waals surface area (Å²) in [5.74, 6) is -0.838. The molecular weight excluding hydrogens is 262 g/mol. The van der Waals surface area contributed by atoms with E-state index in [1.807, 2.05) is 0 Å². The second-order valence-electron chi connectivity index (χ2n) is 4.65. The summed E-state index contributed by atoms with van der Waals surface area (Å²) < 4.78 is 5.42. The highest BCUT2D eigenvalue weighted by Crippen LogP contribution is 2.32. The van der Waals surface area contributed by atoms with Crippen molar-refractivity contribution in [3.63, 3.8) is 0 Å². The highest BCUT2D eigenvalue weighted by Gasteiger charge is 2.17. The Morgan fingerprint density at radius 2 is 1.85 bits per heavy atom. The first-order chi connectivity index (χ1) is 9.56. The molecule has 0 bridgehead atoms. The lowest BCUT2D eigenvalue weighted by atomic mass is 10.1. The highest BCUT2D eigenvalue weighted by molar-refractivity contribution is 5.52. The second kappa shape index (κ2) is 8.37. The molecule has 1 rings (SSSR count). The molecule has 0 aliphatic rings. The lowest BCUT2D eigenvalue weighted by Gasteiger charge is -2.06. The lowest BCUT2D eigenvalue weighted by Crippen LogP contribution is -2.03.